The molecule has 0 saturated heterocycles. The van der Waals surface area contributed by atoms with Gasteiger partial charge in [0.05, 0.1) is 10.0 Å². The molecule has 0 unspecified atom stereocenters. The smallest absolute Gasteiger partial charge is 0.339 e. The lowest BCUT2D eigenvalue weighted by molar-refractivity contribution is -0.139. The summed E-state index contributed by atoms with van der Waals surface area (Å²) in [6, 6.07) is 6.04. The minimum absolute atomic E-state index is 0.105. The Hall–Kier alpha value is -1.63. The predicted octanol–water partition coefficient (Wildman–Crippen LogP) is 4.75. The number of pyridine rings is 1. The fourth-order valence-corrected chi connectivity index (χ4v) is 1.79. The summed E-state index contributed by atoms with van der Waals surface area (Å²) in [5.74, 6) is -0.958. The second-order valence-corrected chi connectivity index (χ2v) is 4.51. The SMILES string of the molecule is Fc1ccc(Nc2ncccc2Br)cc1C(F)(F)F. The van der Waals surface area contributed by atoms with Crippen LogP contribution in [0.15, 0.2) is 41.0 Å². The minimum Gasteiger partial charge on any atom is -0.339 e. The third-order valence-electron chi connectivity index (χ3n) is 2.29. The van der Waals surface area contributed by atoms with Crippen LogP contribution in [0.1, 0.15) is 5.56 Å². The summed E-state index contributed by atoms with van der Waals surface area (Å²) < 4.78 is 51.4. The number of aromatic nitrogens is 1. The third kappa shape index (κ3) is 3.23. The van der Waals surface area contributed by atoms with Gasteiger partial charge in [0.1, 0.15) is 11.6 Å². The summed E-state index contributed by atoms with van der Waals surface area (Å²) in [6.45, 7) is 0. The van der Waals surface area contributed by atoms with Gasteiger partial charge in [0.15, 0.2) is 0 Å². The summed E-state index contributed by atoms with van der Waals surface area (Å²) in [4.78, 5) is 3.95. The van der Waals surface area contributed by atoms with E-state index in [0.29, 0.717) is 16.4 Å². The molecule has 1 heterocycles. The van der Waals surface area contributed by atoms with Gasteiger partial charge in [-0.2, -0.15) is 13.2 Å². The van der Waals surface area contributed by atoms with Gasteiger partial charge >= 0.3 is 6.18 Å². The number of hydrogen-bond donors (Lipinski definition) is 1. The van der Waals surface area contributed by atoms with Crippen molar-refractivity contribution >= 4 is 27.4 Å². The molecule has 0 aliphatic carbocycles. The van der Waals surface area contributed by atoms with Gasteiger partial charge in [-0.05, 0) is 46.3 Å². The molecule has 100 valence electrons. The van der Waals surface area contributed by atoms with Gasteiger partial charge in [0.2, 0.25) is 0 Å². The molecule has 7 heteroatoms. The second kappa shape index (κ2) is 5.16. The van der Waals surface area contributed by atoms with Crippen molar-refractivity contribution in [2.24, 2.45) is 0 Å². The summed E-state index contributed by atoms with van der Waals surface area (Å²) in [5, 5.41) is 2.69. The molecule has 0 bridgehead atoms. The average Bonchev–Trinajstić information content (AvgIpc) is 2.33. The van der Waals surface area contributed by atoms with Crippen molar-refractivity contribution in [2.75, 3.05) is 5.32 Å². The molecule has 1 aromatic heterocycles. The van der Waals surface area contributed by atoms with E-state index in [2.05, 4.69) is 26.2 Å². The highest BCUT2D eigenvalue weighted by Crippen LogP contribution is 2.34. The Balaban J connectivity index is 2.35. The van der Waals surface area contributed by atoms with E-state index in [1.807, 2.05) is 0 Å². The van der Waals surface area contributed by atoms with Gasteiger partial charge in [-0.3, -0.25) is 0 Å². The Kier molecular flexibility index (Phi) is 3.75. The van der Waals surface area contributed by atoms with Crippen molar-refractivity contribution < 1.29 is 17.6 Å². The first-order valence-corrected chi connectivity index (χ1v) is 5.91. The van der Waals surface area contributed by atoms with Gasteiger partial charge in [0.25, 0.3) is 0 Å². The first kappa shape index (κ1) is 13.8. The highest BCUT2D eigenvalue weighted by Gasteiger charge is 2.34. The van der Waals surface area contributed by atoms with Gasteiger partial charge < -0.3 is 5.32 Å². The number of nitrogens with zero attached hydrogens (tertiary/aromatic N) is 1. The maximum atomic E-state index is 13.1. The Bertz CT molecular complexity index is 599. The molecule has 0 amide bonds. The van der Waals surface area contributed by atoms with Crippen LogP contribution < -0.4 is 5.32 Å². The van der Waals surface area contributed by atoms with E-state index in [0.717, 1.165) is 6.07 Å². The number of alkyl halides is 3. The van der Waals surface area contributed by atoms with Gasteiger partial charge in [-0.1, -0.05) is 0 Å². The number of hydrogen-bond acceptors (Lipinski definition) is 2. The molecule has 0 radical (unpaired) electrons. The third-order valence-corrected chi connectivity index (χ3v) is 2.93. The quantitative estimate of drug-likeness (QED) is 0.802. The van der Waals surface area contributed by atoms with E-state index in [1.165, 1.54) is 12.3 Å². The molecule has 0 fully saturated rings. The molecular weight excluding hydrogens is 328 g/mol. The molecule has 19 heavy (non-hydrogen) atoms. The number of halogens is 5. The van der Waals surface area contributed by atoms with E-state index < -0.39 is 17.6 Å². The fourth-order valence-electron chi connectivity index (χ4n) is 1.43. The molecule has 1 aromatic carbocycles. The standard InChI is InChI=1S/C12H7BrF4N2/c13-9-2-1-5-18-11(9)19-7-3-4-10(14)8(6-7)12(15,16)17/h1-6H,(H,18,19). The second-order valence-electron chi connectivity index (χ2n) is 3.65. The minimum atomic E-state index is -4.73. The van der Waals surface area contributed by atoms with Crippen molar-refractivity contribution in [1.29, 1.82) is 0 Å². The molecule has 0 aliphatic rings. The molecule has 0 spiro atoms. The van der Waals surface area contributed by atoms with Crippen LogP contribution in [-0.2, 0) is 6.18 Å². The van der Waals surface area contributed by atoms with Crippen molar-refractivity contribution in [2.45, 2.75) is 6.18 Å². The zero-order chi connectivity index (χ0) is 14.0. The van der Waals surface area contributed by atoms with Gasteiger partial charge in [-0.25, -0.2) is 9.37 Å². The van der Waals surface area contributed by atoms with E-state index in [4.69, 9.17) is 0 Å². The van der Waals surface area contributed by atoms with Crippen molar-refractivity contribution in [1.82, 2.24) is 4.98 Å². The Morgan fingerprint density at radius 2 is 1.89 bits per heavy atom. The van der Waals surface area contributed by atoms with Crippen molar-refractivity contribution in [3.8, 4) is 0 Å². The van der Waals surface area contributed by atoms with Crippen LogP contribution in [0.4, 0.5) is 29.1 Å². The van der Waals surface area contributed by atoms with E-state index in [1.54, 1.807) is 12.1 Å². The first-order valence-electron chi connectivity index (χ1n) is 5.12. The lowest BCUT2D eigenvalue weighted by Gasteiger charge is -2.11. The first-order chi connectivity index (χ1) is 8.88. The largest absolute Gasteiger partial charge is 0.419 e. The number of anilines is 2. The van der Waals surface area contributed by atoms with Crippen LogP contribution >= 0.6 is 15.9 Å². The maximum absolute atomic E-state index is 13.1. The van der Waals surface area contributed by atoms with Crippen molar-refractivity contribution in [3.63, 3.8) is 0 Å². The van der Waals surface area contributed by atoms with Gasteiger partial charge in [0, 0.05) is 11.9 Å². The zero-order valence-electron chi connectivity index (χ0n) is 9.30. The molecule has 0 saturated carbocycles. The van der Waals surface area contributed by atoms with E-state index in [-0.39, 0.29) is 5.69 Å². The van der Waals surface area contributed by atoms with Crippen LogP contribution in [0.5, 0.6) is 0 Å². The molecular formula is C12H7BrF4N2. The molecule has 2 aromatic rings. The topological polar surface area (TPSA) is 24.9 Å². The summed E-state index contributed by atoms with van der Waals surface area (Å²) in [6.07, 6.45) is -3.25. The zero-order valence-corrected chi connectivity index (χ0v) is 10.9. The monoisotopic (exact) mass is 334 g/mol. The number of rotatable bonds is 2. The van der Waals surface area contributed by atoms with Crippen LogP contribution in [0.3, 0.4) is 0 Å². The fraction of sp³-hybridized carbons (Fsp3) is 0.0833. The Labute approximate surface area is 114 Å². The molecule has 0 aliphatic heterocycles. The molecule has 2 nitrogen and oxygen atoms in total. The van der Waals surface area contributed by atoms with Crippen molar-refractivity contribution in [3.05, 3.63) is 52.4 Å². The predicted molar refractivity (Wildman–Crippen MR) is 66.6 cm³/mol. The van der Waals surface area contributed by atoms with Crippen LogP contribution in [0, 0.1) is 5.82 Å². The number of benzene rings is 1. The van der Waals surface area contributed by atoms with Crippen LogP contribution in [0.2, 0.25) is 0 Å². The lowest BCUT2D eigenvalue weighted by atomic mass is 10.2. The highest BCUT2D eigenvalue weighted by atomic mass is 79.9. The summed E-state index contributed by atoms with van der Waals surface area (Å²) in [5.41, 5.74) is -1.21. The molecule has 2 rings (SSSR count). The van der Waals surface area contributed by atoms with Crippen LogP contribution in [0.25, 0.3) is 0 Å². The summed E-state index contributed by atoms with van der Waals surface area (Å²) >= 11 is 3.20. The number of nitrogens with one attached hydrogen (secondary N) is 1. The average molecular weight is 335 g/mol. The summed E-state index contributed by atoms with van der Waals surface area (Å²) in [7, 11) is 0. The lowest BCUT2D eigenvalue weighted by Crippen LogP contribution is -2.08. The Morgan fingerprint density at radius 1 is 1.16 bits per heavy atom. The molecule has 1 N–H and O–H groups in total. The van der Waals surface area contributed by atoms with E-state index in [9.17, 15) is 17.6 Å². The van der Waals surface area contributed by atoms with Crippen LogP contribution in [-0.4, -0.2) is 4.98 Å². The maximum Gasteiger partial charge on any atom is 0.419 e. The normalized spacial score (nSPS) is 11.4. The Morgan fingerprint density at radius 3 is 2.53 bits per heavy atom. The molecule has 0 atom stereocenters. The van der Waals surface area contributed by atoms with E-state index >= 15 is 0 Å². The highest BCUT2D eigenvalue weighted by molar-refractivity contribution is 9.10. The van der Waals surface area contributed by atoms with Gasteiger partial charge in [-0.15, -0.1) is 0 Å².